The molecule has 112 valence electrons. The Balaban J connectivity index is -0.000000280. The summed E-state index contributed by atoms with van der Waals surface area (Å²) in [7, 11) is 12.9. The first-order valence-electron chi connectivity index (χ1n) is 6.14. The normalized spacial score (nSPS) is 11.4. The molecule has 0 nitrogen and oxygen atoms in total. The van der Waals surface area contributed by atoms with E-state index in [0.29, 0.717) is 0 Å². The van der Waals surface area contributed by atoms with Gasteiger partial charge in [-0.3, -0.25) is 0 Å². The van der Waals surface area contributed by atoms with Crippen LogP contribution in [0.15, 0.2) is 30.3 Å². The monoisotopic (exact) mass is 454 g/mol. The summed E-state index contributed by atoms with van der Waals surface area (Å²) in [5.41, 5.74) is 1.07. The van der Waals surface area contributed by atoms with E-state index in [1.807, 2.05) is 30.3 Å². The van der Waals surface area contributed by atoms with Gasteiger partial charge in [-0.15, -0.1) is 12.1 Å². The van der Waals surface area contributed by atoms with Crippen molar-refractivity contribution in [3.63, 3.8) is 0 Å². The van der Waals surface area contributed by atoms with Crippen LogP contribution in [0.5, 0.6) is 0 Å². The molecule has 0 saturated carbocycles. The van der Waals surface area contributed by atoms with Crippen LogP contribution >= 0.6 is 17.8 Å². The second-order valence-corrected chi connectivity index (χ2v) is 27.3. The van der Waals surface area contributed by atoms with Crippen molar-refractivity contribution in [1.29, 1.82) is 0 Å². The van der Waals surface area contributed by atoms with E-state index in [4.69, 9.17) is 17.8 Å². The van der Waals surface area contributed by atoms with Crippen molar-refractivity contribution in [2.24, 2.45) is 0 Å². The van der Waals surface area contributed by atoms with E-state index in [2.05, 4.69) is 48.5 Å². The zero-order chi connectivity index (χ0) is 14.6. The Morgan fingerprint density at radius 3 is 1.25 bits per heavy atom. The molecule has 0 aliphatic carbocycles. The van der Waals surface area contributed by atoms with E-state index in [1.165, 1.54) is 0 Å². The maximum absolute atomic E-state index is 6.46. The van der Waals surface area contributed by atoms with Gasteiger partial charge in [-0.1, -0.05) is 6.07 Å². The Labute approximate surface area is 159 Å². The molecule has 0 radical (unpaired) electrons. The SMILES string of the molecule is C[C](C)(C)[Sn]([Cl])([Cl])[C](C)(C)C.[CH2-]c1ccccc1.[Cl-].[Mg+2]. The fourth-order valence-electron chi connectivity index (χ4n) is 1.60. The maximum Gasteiger partial charge on any atom is 2.00 e. The van der Waals surface area contributed by atoms with Crippen molar-refractivity contribution in [3.8, 4) is 0 Å². The molecule has 0 N–H and O–H groups in total. The molecule has 1 aromatic rings. The average Bonchev–Trinajstić information content (AvgIpc) is 2.16. The Morgan fingerprint density at radius 1 is 0.850 bits per heavy atom. The van der Waals surface area contributed by atoms with Crippen LogP contribution < -0.4 is 12.4 Å². The molecule has 0 fully saturated rings. The van der Waals surface area contributed by atoms with Crippen LogP contribution in [0, 0.1) is 6.92 Å². The van der Waals surface area contributed by atoms with E-state index in [-0.39, 0.29) is 42.3 Å². The van der Waals surface area contributed by atoms with Crippen LogP contribution in [0.25, 0.3) is 0 Å². The predicted octanol–water partition coefficient (Wildman–Crippen LogP) is 3.00. The van der Waals surface area contributed by atoms with Crippen LogP contribution in [0.4, 0.5) is 0 Å². The number of benzene rings is 1. The molecule has 0 unspecified atom stereocenters. The Kier molecular flexibility index (Phi) is 13.6. The molecule has 0 amide bonds. The Bertz CT molecular complexity index is 338. The van der Waals surface area contributed by atoms with Crippen molar-refractivity contribution in [2.45, 2.75) is 48.4 Å². The molecular weight excluding hydrogens is 430 g/mol. The molecule has 0 aliphatic heterocycles. The molecule has 0 spiro atoms. The quantitative estimate of drug-likeness (QED) is 0.418. The molecule has 0 aromatic heterocycles. The van der Waals surface area contributed by atoms with Gasteiger partial charge < -0.3 is 12.4 Å². The standard InChI is InChI=1S/C7H7.2C4H9.3ClH.Mg.Sn/c1-7-5-3-2-4-6-7;2*1-4(2)3;;;;;/h2-6H,1H2;2*1-3H3;3*1H;;/q-1;;;;;;2*+2/p-3. The number of halogens is 3. The van der Waals surface area contributed by atoms with Crippen LogP contribution in [0.3, 0.4) is 0 Å². The van der Waals surface area contributed by atoms with Gasteiger partial charge in [0.05, 0.1) is 0 Å². The first kappa shape index (κ1) is 26.4. The molecular formula is C15H25Cl3MgSn. The van der Waals surface area contributed by atoms with Crippen LogP contribution in [-0.4, -0.2) is 39.2 Å². The molecule has 0 heterocycles. The minimum atomic E-state index is -2.92. The fraction of sp³-hybridized carbons (Fsp3) is 0.533. The van der Waals surface area contributed by atoms with Crippen LogP contribution in [-0.2, 0) is 0 Å². The first-order valence-corrected chi connectivity index (χ1v) is 16.2. The van der Waals surface area contributed by atoms with Gasteiger partial charge in [0, 0.05) is 0 Å². The third-order valence-corrected chi connectivity index (χ3v) is 28.7. The van der Waals surface area contributed by atoms with E-state index in [9.17, 15) is 0 Å². The van der Waals surface area contributed by atoms with Crippen molar-refractivity contribution in [3.05, 3.63) is 42.8 Å². The van der Waals surface area contributed by atoms with Crippen molar-refractivity contribution in [2.75, 3.05) is 0 Å². The minimum absolute atomic E-state index is 0. The zero-order valence-electron chi connectivity index (χ0n) is 13.4. The summed E-state index contributed by atoms with van der Waals surface area (Å²) in [4.78, 5) is 0. The summed E-state index contributed by atoms with van der Waals surface area (Å²) in [5.74, 6) is 0. The van der Waals surface area contributed by atoms with Crippen molar-refractivity contribution in [1.82, 2.24) is 0 Å². The van der Waals surface area contributed by atoms with E-state index in [0.717, 1.165) is 5.56 Å². The summed E-state index contributed by atoms with van der Waals surface area (Å²) in [6.45, 7) is 16.6. The Morgan fingerprint density at radius 2 is 1.15 bits per heavy atom. The topological polar surface area (TPSA) is 0 Å². The second-order valence-electron chi connectivity index (χ2n) is 6.56. The summed E-state index contributed by atoms with van der Waals surface area (Å²) >= 11 is -2.92. The average molecular weight is 455 g/mol. The van der Waals surface area contributed by atoms with E-state index < -0.39 is 16.1 Å². The molecule has 0 aliphatic rings. The number of hydrogen-bond donors (Lipinski definition) is 0. The summed E-state index contributed by atoms with van der Waals surface area (Å²) in [5, 5.41) is 0. The molecule has 1 rings (SSSR count). The van der Waals surface area contributed by atoms with E-state index >= 15 is 0 Å². The van der Waals surface area contributed by atoms with Gasteiger partial charge in [0.25, 0.3) is 0 Å². The predicted molar refractivity (Wildman–Crippen MR) is 93.5 cm³/mol. The smallest absolute Gasteiger partial charge is 1.00 e. The minimum Gasteiger partial charge on any atom is -1.00 e. The Hall–Kier alpha value is 1.52. The van der Waals surface area contributed by atoms with Gasteiger partial charge in [-0.2, -0.15) is 24.6 Å². The molecule has 1 aromatic carbocycles. The van der Waals surface area contributed by atoms with Crippen LogP contribution in [0.1, 0.15) is 47.1 Å². The molecule has 0 bridgehead atoms. The summed E-state index contributed by atoms with van der Waals surface area (Å²) in [6.07, 6.45) is 0. The second kappa shape index (κ2) is 10.3. The number of hydrogen-bond acceptors (Lipinski definition) is 0. The van der Waals surface area contributed by atoms with Crippen molar-refractivity contribution < 1.29 is 12.4 Å². The van der Waals surface area contributed by atoms with Gasteiger partial charge in [0.15, 0.2) is 0 Å². The molecule has 5 heteroatoms. The largest absolute Gasteiger partial charge is 2.00 e. The third-order valence-electron chi connectivity index (χ3n) is 2.73. The van der Waals surface area contributed by atoms with Crippen LogP contribution in [0.2, 0.25) is 6.86 Å². The van der Waals surface area contributed by atoms with Gasteiger partial charge >= 0.3 is 105 Å². The zero-order valence-corrected chi connectivity index (χ0v) is 20.0. The molecule has 0 saturated heterocycles. The molecule has 20 heavy (non-hydrogen) atoms. The van der Waals surface area contributed by atoms with Crippen molar-refractivity contribution >= 4 is 57.0 Å². The van der Waals surface area contributed by atoms with Gasteiger partial charge in [0.2, 0.25) is 0 Å². The molecule has 0 atom stereocenters. The maximum atomic E-state index is 6.46. The van der Waals surface area contributed by atoms with E-state index in [1.54, 1.807) is 0 Å². The van der Waals surface area contributed by atoms with Gasteiger partial charge in [-0.05, 0) is 0 Å². The third kappa shape index (κ3) is 8.84. The first-order chi connectivity index (χ1) is 7.89. The number of rotatable bonds is 0. The fourth-order valence-corrected chi connectivity index (χ4v) is 8.02. The van der Waals surface area contributed by atoms with Gasteiger partial charge in [-0.25, -0.2) is 0 Å². The summed E-state index contributed by atoms with van der Waals surface area (Å²) in [6, 6.07) is 9.87. The summed E-state index contributed by atoms with van der Waals surface area (Å²) < 4.78 is 0.242. The van der Waals surface area contributed by atoms with Gasteiger partial charge in [0.1, 0.15) is 0 Å².